The highest BCUT2D eigenvalue weighted by atomic mass is 16.6. The van der Waals surface area contributed by atoms with Gasteiger partial charge in [-0.15, -0.1) is 6.58 Å². The molecule has 0 bridgehead atoms. The van der Waals surface area contributed by atoms with Crippen molar-refractivity contribution in [2.45, 2.75) is 39.0 Å². The first-order valence-electron chi connectivity index (χ1n) is 5.64. The van der Waals surface area contributed by atoms with E-state index in [1.165, 1.54) is 24.8 Å². The molecule has 0 heterocycles. The molecule has 0 aromatic heterocycles. The van der Waals surface area contributed by atoms with Crippen LogP contribution in [-0.2, 0) is 9.31 Å². The summed E-state index contributed by atoms with van der Waals surface area (Å²) in [7, 11) is 3.09. The zero-order chi connectivity index (χ0) is 11.5. The molecular weight excluding hydrogens is 187 g/mol. The standard InChI is InChI=1S/C12H23BO2/c1-5-7-8-10-12(9-6-2)11-13(14-3)15-4/h6,11H,2,5,7-10H2,1,3-4H3. The molecule has 0 aliphatic heterocycles. The van der Waals surface area contributed by atoms with Crippen molar-refractivity contribution < 1.29 is 9.31 Å². The molecule has 0 aromatic rings. The van der Waals surface area contributed by atoms with Crippen LogP contribution in [-0.4, -0.2) is 21.3 Å². The predicted octanol–water partition coefficient (Wildman–Crippen LogP) is 3.39. The largest absolute Gasteiger partial charge is 0.485 e. The van der Waals surface area contributed by atoms with Crippen LogP contribution in [0, 0.1) is 0 Å². The van der Waals surface area contributed by atoms with Crippen LogP contribution < -0.4 is 0 Å². The van der Waals surface area contributed by atoms with E-state index in [1.807, 2.05) is 6.08 Å². The van der Waals surface area contributed by atoms with Gasteiger partial charge >= 0.3 is 7.12 Å². The molecule has 0 radical (unpaired) electrons. The van der Waals surface area contributed by atoms with Crippen LogP contribution in [0.25, 0.3) is 0 Å². The Balaban J connectivity index is 4.15. The van der Waals surface area contributed by atoms with E-state index >= 15 is 0 Å². The zero-order valence-electron chi connectivity index (χ0n) is 10.3. The van der Waals surface area contributed by atoms with Crippen LogP contribution >= 0.6 is 0 Å². The lowest BCUT2D eigenvalue weighted by Gasteiger charge is -2.08. The fourth-order valence-electron chi connectivity index (χ4n) is 1.47. The molecule has 0 aromatic carbocycles. The highest BCUT2D eigenvalue weighted by Crippen LogP contribution is 2.14. The Morgan fingerprint density at radius 3 is 2.40 bits per heavy atom. The summed E-state index contributed by atoms with van der Waals surface area (Å²) in [6.45, 7) is 5.98. The molecule has 86 valence electrons. The van der Waals surface area contributed by atoms with E-state index in [9.17, 15) is 0 Å². The first-order chi connectivity index (χ1) is 7.28. The highest BCUT2D eigenvalue weighted by Gasteiger charge is 2.11. The topological polar surface area (TPSA) is 18.5 Å². The van der Waals surface area contributed by atoms with Crippen molar-refractivity contribution in [3.8, 4) is 0 Å². The summed E-state index contributed by atoms with van der Waals surface area (Å²) in [5.41, 5.74) is 1.35. The summed E-state index contributed by atoms with van der Waals surface area (Å²) in [6.07, 6.45) is 7.73. The fourth-order valence-corrected chi connectivity index (χ4v) is 1.47. The van der Waals surface area contributed by atoms with Crippen LogP contribution in [0.15, 0.2) is 24.2 Å². The zero-order valence-corrected chi connectivity index (χ0v) is 10.3. The van der Waals surface area contributed by atoms with E-state index in [0.717, 1.165) is 12.8 Å². The lowest BCUT2D eigenvalue weighted by atomic mass is 9.84. The van der Waals surface area contributed by atoms with Crippen LogP contribution in [0.3, 0.4) is 0 Å². The summed E-state index contributed by atoms with van der Waals surface area (Å²) < 4.78 is 10.3. The van der Waals surface area contributed by atoms with E-state index in [-0.39, 0.29) is 7.12 Å². The lowest BCUT2D eigenvalue weighted by Crippen LogP contribution is -2.16. The van der Waals surface area contributed by atoms with Crippen molar-refractivity contribution in [3.05, 3.63) is 24.2 Å². The Morgan fingerprint density at radius 2 is 1.93 bits per heavy atom. The van der Waals surface area contributed by atoms with Gasteiger partial charge in [0, 0.05) is 14.2 Å². The second kappa shape index (κ2) is 10.00. The first kappa shape index (κ1) is 14.5. The molecular formula is C12H23BO2. The van der Waals surface area contributed by atoms with E-state index in [2.05, 4.69) is 19.5 Å². The van der Waals surface area contributed by atoms with E-state index in [4.69, 9.17) is 9.31 Å². The van der Waals surface area contributed by atoms with Gasteiger partial charge in [-0.05, 0) is 19.3 Å². The van der Waals surface area contributed by atoms with Gasteiger partial charge < -0.3 is 9.31 Å². The number of unbranched alkanes of at least 4 members (excludes halogenated alkanes) is 2. The normalized spacial score (nSPS) is 11.5. The summed E-state index contributed by atoms with van der Waals surface area (Å²) in [5.74, 6) is 2.05. The van der Waals surface area contributed by atoms with Gasteiger partial charge in [0.25, 0.3) is 0 Å². The van der Waals surface area contributed by atoms with Crippen LogP contribution in [0.2, 0.25) is 0 Å². The molecule has 0 N–H and O–H groups in total. The van der Waals surface area contributed by atoms with E-state index < -0.39 is 0 Å². The SMILES string of the molecule is C=CCC(=CB(OC)OC)CCCCC. The molecule has 0 unspecified atom stereocenters. The smallest absolute Gasteiger partial charge is 0.410 e. The average molecular weight is 210 g/mol. The maximum Gasteiger partial charge on any atom is 0.485 e. The second-order valence-electron chi connectivity index (χ2n) is 3.61. The molecule has 0 rings (SSSR count). The lowest BCUT2D eigenvalue weighted by molar-refractivity contribution is 0.290. The third-order valence-corrected chi connectivity index (χ3v) is 2.34. The summed E-state index contributed by atoms with van der Waals surface area (Å²) >= 11 is 0. The van der Waals surface area contributed by atoms with Crippen molar-refractivity contribution in [2.75, 3.05) is 14.2 Å². The Morgan fingerprint density at radius 1 is 1.27 bits per heavy atom. The number of allylic oxidation sites excluding steroid dienone is 2. The van der Waals surface area contributed by atoms with Crippen LogP contribution in [0.4, 0.5) is 0 Å². The summed E-state index contributed by atoms with van der Waals surface area (Å²) in [6, 6.07) is 0. The molecule has 0 saturated carbocycles. The number of hydrogen-bond donors (Lipinski definition) is 0. The Bertz CT molecular complexity index is 186. The van der Waals surface area contributed by atoms with Crippen molar-refractivity contribution in [1.29, 1.82) is 0 Å². The van der Waals surface area contributed by atoms with Gasteiger partial charge in [-0.25, -0.2) is 0 Å². The van der Waals surface area contributed by atoms with Gasteiger partial charge in [0.05, 0.1) is 0 Å². The van der Waals surface area contributed by atoms with Crippen molar-refractivity contribution >= 4 is 7.12 Å². The maximum absolute atomic E-state index is 5.15. The Kier molecular flexibility index (Phi) is 9.64. The van der Waals surface area contributed by atoms with Crippen molar-refractivity contribution in [3.63, 3.8) is 0 Å². The van der Waals surface area contributed by atoms with Gasteiger partial charge in [0.15, 0.2) is 0 Å². The summed E-state index contributed by atoms with van der Waals surface area (Å²) in [4.78, 5) is 0. The molecule has 0 aliphatic carbocycles. The maximum atomic E-state index is 5.15. The Hall–Kier alpha value is -0.535. The van der Waals surface area contributed by atoms with Crippen LogP contribution in [0.1, 0.15) is 39.0 Å². The third-order valence-electron chi connectivity index (χ3n) is 2.34. The number of hydrogen-bond acceptors (Lipinski definition) is 2. The van der Waals surface area contributed by atoms with E-state index in [1.54, 1.807) is 14.2 Å². The molecule has 3 heteroatoms. The molecule has 2 nitrogen and oxygen atoms in total. The average Bonchev–Trinajstić information content (AvgIpc) is 2.26. The molecule has 0 aliphatic rings. The molecule has 0 fully saturated rings. The van der Waals surface area contributed by atoms with Crippen molar-refractivity contribution in [1.82, 2.24) is 0 Å². The molecule has 0 spiro atoms. The Labute approximate surface area is 94.5 Å². The molecule has 0 saturated heterocycles. The first-order valence-corrected chi connectivity index (χ1v) is 5.64. The second-order valence-corrected chi connectivity index (χ2v) is 3.61. The molecule has 0 amide bonds. The molecule has 15 heavy (non-hydrogen) atoms. The van der Waals surface area contributed by atoms with Crippen LogP contribution in [0.5, 0.6) is 0 Å². The highest BCUT2D eigenvalue weighted by molar-refractivity contribution is 6.50. The minimum atomic E-state index is -0.221. The van der Waals surface area contributed by atoms with Gasteiger partial charge in [-0.3, -0.25) is 0 Å². The van der Waals surface area contributed by atoms with Crippen molar-refractivity contribution in [2.24, 2.45) is 0 Å². The monoisotopic (exact) mass is 210 g/mol. The molecule has 0 atom stereocenters. The minimum Gasteiger partial charge on any atom is -0.410 e. The predicted molar refractivity (Wildman–Crippen MR) is 66.8 cm³/mol. The quantitative estimate of drug-likeness (QED) is 0.330. The van der Waals surface area contributed by atoms with Gasteiger partial charge in [-0.1, -0.05) is 37.4 Å². The fraction of sp³-hybridized carbons (Fsp3) is 0.667. The summed E-state index contributed by atoms with van der Waals surface area (Å²) in [5, 5.41) is 0. The van der Waals surface area contributed by atoms with Gasteiger partial charge in [-0.2, -0.15) is 0 Å². The minimum absolute atomic E-state index is 0.221. The third kappa shape index (κ3) is 7.40. The van der Waals surface area contributed by atoms with Gasteiger partial charge in [0.2, 0.25) is 0 Å². The van der Waals surface area contributed by atoms with E-state index in [0.29, 0.717) is 0 Å². The van der Waals surface area contributed by atoms with Gasteiger partial charge in [0.1, 0.15) is 0 Å². The number of rotatable bonds is 9.